The summed E-state index contributed by atoms with van der Waals surface area (Å²) in [6.45, 7) is 20.2. The third kappa shape index (κ3) is 4.73. The molecule has 1 aliphatic heterocycles. The van der Waals surface area contributed by atoms with Gasteiger partial charge in [0, 0.05) is 31.7 Å². The van der Waals surface area contributed by atoms with Crippen molar-refractivity contribution in [2.24, 2.45) is 17.3 Å². The first-order valence-electron chi connectivity index (χ1n) is 8.80. The molecule has 0 aliphatic carbocycles. The smallest absolute Gasteiger partial charge is 0.0269 e. The molecule has 120 valence electrons. The highest BCUT2D eigenvalue weighted by atomic mass is 15.2. The molecule has 0 saturated carbocycles. The Labute approximate surface area is 127 Å². The van der Waals surface area contributed by atoms with Gasteiger partial charge in [0.25, 0.3) is 0 Å². The van der Waals surface area contributed by atoms with Crippen LogP contribution in [0.15, 0.2) is 0 Å². The lowest BCUT2D eigenvalue weighted by molar-refractivity contribution is 0.0312. The van der Waals surface area contributed by atoms with Gasteiger partial charge in [-0.25, -0.2) is 0 Å². The highest BCUT2D eigenvalue weighted by molar-refractivity contribution is 4.94. The molecule has 2 nitrogen and oxygen atoms in total. The number of rotatable bonds is 6. The Balaban J connectivity index is 2.77. The Bertz CT molecular complexity index is 265. The lowest BCUT2D eigenvalue weighted by Crippen LogP contribution is -2.62. The first-order valence-corrected chi connectivity index (χ1v) is 8.80. The van der Waals surface area contributed by atoms with Crippen LogP contribution in [-0.2, 0) is 0 Å². The summed E-state index contributed by atoms with van der Waals surface area (Å²) < 4.78 is 0. The molecular weight excluding hydrogens is 244 g/mol. The summed E-state index contributed by atoms with van der Waals surface area (Å²) in [4.78, 5) is 2.80. The zero-order chi connectivity index (χ0) is 15.3. The SMILES string of the molecule is CCC(CC)CN1CC(C(C)CC)NCC1C(C)(C)C. The van der Waals surface area contributed by atoms with E-state index in [9.17, 15) is 0 Å². The highest BCUT2D eigenvalue weighted by Gasteiger charge is 2.37. The zero-order valence-corrected chi connectivity index (χ0v) is 15.0. The van der Waals surface area contributed by atoms with Crippen molar-refractivity contribution in [3.63, 3.8) is 0 Å². The van der Waals surface area contributed by atoms with Crippen molar-refractivity contribution >= 4 is 0 Å². The molecule has 0 bridgehead atoms. The number of nitrogens with zero attached hydrogens (tertiary/aromatic N) is 1. The number of nitrogens with one attached hydrogen (secondary N) is 1. The predicted octanol–water partition coefficient (Wildman–Crippen LogP) is 4.16. The molecule has 3 atom stereocenters. The molecule has 1 rings (SSSR count). The van der Waals surface area contributed by atoms with E-state index in [1.165, 1.54) is 32.4 Å². The summed E-state index contributed by atoms with van der Waals surface area (Å²) in [5.41, 5.74) is 0.361. The van der Waals surface area contributed by atoms with Gasteiger partial charge in [-0.05, 0) is 17.3 Å². The summed E-state index contributed by atoms with van der Waals surface area (Å²) >= 11 is 0. The first kappa shape index (κ1) is 18.0. The Morgan fingerprint density at radius 3 is 2.15 bits per heavy atom. The van der Waals surface area contributed by atoms with Crippen molar-refractivity contribution in [3.05, 3.63) is 0 Å². The molecular formula is C18H38N2. The van der Waals surface area contributed by atoms with E-state index in [0.717, 1.165) is 18.4 Å². The maximum absolute atomic E-state index is 3.82. The van der Waals surface area contributed by atoms with E-state index < -0.39 is 0 Å². The molecule has 1 N–H and O–H groups in total. The van der Waals surface area contributed by atoms with Crippen molar-refractivity contribution in [1.82, 2.24) is 10.2 Å². The zero-order valence-electron chi connectivity index (χ0n) is 15.0. The summed E-state index contributed by atoms with van der Waals surface area (Å²) in [6.07, 6.45) is 3.90. The van der Waals surface area contributed by atoms with Crippen LogP contribution in [-0.4, -0.2) is 36.6 Å². The largest absolute Gasteiger partial charge is 0.311 e. The summed E-state index contributed by atoms with van der Waals surface area (Å²) in [7, 11) is 0. The minimum absolute atomic E-state index is 0.361. The van der Waals surface area contributed by atoms with Crippen LogP contribution in [0.2, 0.25) is 0 Å². The highest BCUT2D eigenvalue weighted by Crippen LogP contribution is 2.29. The molecule has 0 amide bonds. The number of hydrogen-bond donors (Lipinski definition) is 1. The Morgan fingerprint density at radius 1 is 1.10 bits per heavy atom. The van der Waals surface area contributed by atoms with Crippen molar-refractivity contribution in [2.45, 2.75) is 79.8 Å². The standard InChI is InChI=1S/C18H38N2/c1-8-14(4)16-13-20(12-15(9-2)10-3)17(11-19-16)18(5,6)7/h14-17,19H,8-13H2,1-7H3. The van der Waals surface area contributed by atoms with Crippen molar-refractivity contribution in [2.75, 3.05) is 19.6 Å². The second-order valence-electron chi connectivity index (χ2n) is 7.92. The van der Waals surface area contributed by atoms with E-state index >= 15 is 0 Å². The normalized spacial score (nSPS) is 27.0. The van der Waals surface area contributed by atoms with Gasteiger partial charge in [-0.15, -0.1) is 0 Å². The first-order chi connectivity index (χ1) is 9.33. The van der Waals surface area contributed by atoms with E-state index in [1.54, 1.807) is 0 Å². The number of piperazine rings is 1. The second-order valence-corrected chi connectivity index (χ2v) is 7.92. The lowest BCUT2D eigenvalue weighted by Gasteiger charge is -2.48. The van der Waals surface area contributed by atoms with Crippen LogP contribution in [0.3, 0.4) is 0 Å². The summed E-state index contributed by atoms with van der Waals surface area (Å²) in [5.74, 6) is 1.63. The Kier molecular flexibility index (Phi) is 7.00. The average molecular weight is 283 g/mol. The minimum atomic E-state index is 0.361. The predicted molar refractivity (Wildman–Crippen MR) is 90.1 cm³/mol. The van der Waals surface area contributed by atoms with Crippen molar-refractivity contribution in [3.8, 4) is 0 Å². The Hall–Kier alpha value is -0.0800. The fraction of sp³-hybridized carbons (Fsp3) is 1.00. The average Bonchev–Trinajstić information content (AvgIpc) is 2.42. The molecule has 1 heterocycles. The topological polar surface area (TPSA) is 15.3 Å². The van der Waals surface area contributed by atoms with Crippen LogP contribution >= 0.6 is 0 Å². The van der Waals surface area contributed by atoms with Gasteiger partial charge in [-0.2, -0.15) is 0 Å². The number of hydrogen-bond acceptors (Lipinski definition) is 2. The molecule has 1 saturated heterocycles. The van der Waals surface area contributed by atoms with Crippen LogP contribution in [0.5, 0.6) is 0 Å². The lowest BCUT2D eigenvalue weighted by atomic mass is 9.82. The van der Waals surface area contributed by atoms with Crippen molar-refractivity contribution < 1.29 is 0 Å². The maximum atomic E-state index is 3.82. The van der Waals surface area contributed by atoms with Crippen LogP contribution in [0.1, 0.15) is 67.7 Å². The molecule has 0 aromatic rings. The molecule has 0 aromatic carbocycles. The van der Waals surface area contributed by atoms with Crippen LogP contribution in [0.25, 0.3) is 0 Å². The van der Waals surface area contributed by atoms with Gasteiger partial charge in [0.05, 0.1) is 0 Å². The van der Waals surface area contributed by atoms with Gasteiger partial charge < -0.3 is 5.32 Å². The van der Waals surface area contributed by atoms with E-state index in [4.69, 9.17) is 0 Å². The van der Waals surface area contributed by atoms with Gasteiger partial charge in [0.15, 0.2) is 0 Å². The molecule has 20 heavy (non-hydrogen) atoms. The van der Waals surface area contributed by atoms with E-state index in [-0.39, 0.29) is 0 Å². The van der Waals surface area contributed by atoms with E-state index in [0.29, 0.717) is 17.5 Å². The molecule has 0 spiro atoms. The van der Waals surface area contributed by atoms with Gasteiger partial charge in [0.2, 0.25) is 0 Å². The minimum Gasteiger partial charge on any atom is -0.311 e. The molecule has 0 radical (unpaired) electrons. The molecule has 2 heteroatoms. The summed E-state index contributed by atoms with van der Waals surface area (Å²) in [5, 5.41) is 3.82. The quantitative estimate of drug-likeness (QED) is 0.787. The van der Waals surface area contributed by atoms with E-state index in [1.807, 2.05) is 0 Å². The maximum Gasteiger partial charge on any atom is 0.0269 e. The van der Waals surface area contributed by atoms with Crippen LogP contribution in [0, 0.1) is 17.3 Å². The second kappa shape index (κ2) is 7.79. The van der Waals surface area contributed by atoms with Gasteiger partial charge >= 0.3 is 0 Å². The third-order valence-corrected chi connectivity index (χ3v) is 5.42. The fourth-order valence-electron chi connectivity index (χ4n) is 3.44. The fourth-order valence-corrected chi connectivity index (χ4v) is 3.44. The third-order valence-electron chi connectivity index (χ3n) is 5.42. The van der Waals surface area contributed by atoms with Crippen LogP contribution in [0.4, 0.5) is 0 Å². The molecule has 3 unspecified atom stereocenters. The molecule has 1 fully saturated rings. The van der Waals surface area contributed by atoms with Crippen LogP contribution < -0.4 is 5.32 Å². The van der Waals surface area contributed by atoms with Gasteiger partial charge in [-0.1, -0.05) is 67.7 Å². The Morgan fingerprint density at radius 2 is 1.70 bits per heavy atom. The summed E-state index contributed by atoms with van der Waals surface area (Å²) in [6, 6.07) is 1.34. The molecule has 0 aromatic heterocycles. The molecule has 1 aliphatic rings. The van der Waals surface area contributed by atoms with Gasteiger partial charge in [-0.3, -0.25) is 4.90 Å². The monoisotopic (exact) mass is 282 g/mol. The van der Waals surface area contributed by atoms with Crippen molar-refractivity contribution in [1.29, 1.82) is 0 Å². The van der Waals surface area contributed by atoms with E-state index in [2.05, 4.69) is 58.7 Å². The van der Waals surface area contributed by atoms with Gasteiger partial charge in [0.1, 0.15) is 0 Å².